The molecule has 2 aliphatic rings. The Balaban J connectivity index is 1.64. The molecule has 0 radical (unpaired) electrons. The molecule has 0 fully saturated rings. The number of fused-ring (bicyclic) bond motifs is 1. The van der Waals surface area contributed by atoms with E-state index in [-0.39, 0.29) is 23.5 Å². The first-order valence-corrected chi connectivity index (χ1v) is 12.3. The van der Waals surface area contributed by atoms with Gasteiger partial charge in [0.15, 0.2) is 17.3 Å². The molecule has 1 aromatic heterocycles. The van der Waals surface area contributed by atoms with Crippen LogP contribution in [0.3, 0.4) is 0 Å². The molecule has 0 saturated heterocycles. The number of anilines is 2. The van der Waals surface area contributed by atoms with Crippen molar-refractivity contribution >= 4 is 44.4 Å². The van der Waals surface area contributed by atoms with Gasteiger partial charge in [0.05, 0.1) is 28.5 Å². The zero-order valence-electron chi connectivity index (χ0n) is 17.5. The first-order valence-electron chi connectivity index (χ1n) is 10.6. The number of ketones is 1. The number of benzene rings is 2. The van der Waals surface area contributed by atoms with Crippen LogP contribution in [0.15, 0.2) is 69.7 Å². The highest BCUT2D eigenvalue weighted by atomic mass is 79.9. The van der Waals surface area contributed by atoms with Gasteiger partial charge in [-0.25, -0.2) is 0 Å². The number of hydrogen-bond acceptors (Lipinski definition) is 6. The number of phenolic OH excluding ortho intramolecular Hbond substituents is 1. The maximum atomic E-state index is 13.6. The number of rotatable bonds is 4. The van der Waals surface area contributed by atoms with E-state index in [1.54, 1.807) is 11.3 Å². The van der Waals surface area contributed by atoms with E-state index in [1.807, 2.05) is 49.4 Å². The van der Waals surface area contributed by atoms with Gasteiger partial charge in [-0.3, -0.25) is 4.79 Å². The van der Waals surface area contributed by atoms with Gasteiger partial charge in [-0.05, 0) is 70.5 Å². The van der Waals surface area contributed by atoms with E-state index < -0.39 is 0 Å². The van der Waals surface area contributed by atoms with Gasteiger partial charge in [0.2, 0.25) is 0 Å². The Kier molecular flexibility index (Phi) is 5.69. The Morgan fingerprint density at radius 2 is 1.97 bits per heavy atom. The third-order valence-corrected chi connectivity index (χ3v) is 7.58. The van der Waals surface area contributed by atoms with Gasteiger partial charge in [0.25, 0.3) is 0 Å². The lowest BCUT2D eigenvalue weighted by molar-refractivity contribution is -0.116. The fraction of sp³-hybridized carbons (Fsp3) is 0.240. The molecule has 32 heavy (non-hydrogen) atoms. The van der Waals surface area contributed by atoms with Crippen LogP contribution in [0, 0.1) is 0 Å². The first-order chi connectivity index (χ1) is 15.5. The van der Waals surface area contributed by atoms with E-state index in [1.165, 1.54) is 4.88 Å². The van der Waals surface area contributed by atoms with E-state index in [4.69, 9.17) is 4.74 Å². The van der Waals surface area contributed by atoms with Gasteiger partial charge in [-0.15, -0.1) is 11.3 Å². The van der Waals surface area contributed by atoms with Crippen LogP contribution in [0.2, 0.25) is 0 Å². The molecule has 1 aliphatic heterocycles. The maximum Gasteiger partial charge on any atom is 0.172 e. The number of hydrogen-bond donors (Lipinski definition) is 3. The molecular formula is C25H23BrN2O3S. The monoisotopic (exact) mass is 510 g/mol. The van der Waals surface area contributed by atoms with Crippen LogP contribution < -0.4 is 15.4 Å². The van der Waals surface area contributed by atoms with Gasteiger partial charge in [0.1, 0.15) is 0 Å². The molecule has 1 aliphatic carbocycles. The lowest BCUT2D eigenvalue weighted by Gasteiger charge is -2.29. The number of ether oxygens (including phenoxy) is 1. The summed E-state index contributed by atoms with van der Waals surface area (Å²) >= 11 is 5.15. The third-order valence-electron chi connectivity index (χ3n) is 5.94. The van der Waals surface area contributed by atoms with Gasteiger partial charge in [0, 0.05) is 28.5 Å². The molecule has 2 unspecified atom stereocenters. The summed E-state index contributed by atoms with van der Waals surface area (Å²) in [5, 5.41) is 19.6. The lowest BCUT2D eigenvalue weighted by atomic mass is 9.80. The minimum Gasteiger partial charge on any atom is -0.503 e. The summed E-state index contributed by atoms with van der Waals surface area (Å²) < 4.78 is 6.19. The van der Waals surface area contributed by atoms with Gasteiger partial charge < -0.3 is 20.5 Å². The van der Waals surface area contributed by atoms with Crippen molar-refractivity contribution in [3.05, 3.63) is 80.1 Å². The molecular weight excluding hydrogens is 488 g/mol. The normalized spacial score (nSPS) is 20.0. The number of carbonyl (C=O) groups is 1. The van der Waals surface area contributed by atoms with Crippen LogP contribution in [0.25, 0.3) is 0 Å². The highest BCUT2D eigenvalue weighted by molar-refractivity contribution is 9.10. The van der Waals surface area contributed by atoms with Crippen molar-refractivity contribution in [3.8, 4) is 11.5 Å². The fourth-order valence-electron chi connectivity index (χ4n) is 4.49. The molecule has 5 nitrogen and oxygen atoms in total. The summed E-state index contributed by atoms with van der Waals surface area (Å²) in [6.07, 6.45) is 1.25. The van der Waals surface area contributed by atoms with Crippen molar-refractivity contribution in [2.45, 2.75) is 31.7 Å². The summed E-state index contributed by atoms with van der Waals surface area (Å²) in [6, 6.07) is 15.4. The number of Topliss-reactive ketones (excluding diaryl/α,β-unsaturated/α-hetero) is 1. The van der Waals surface area contributed by atoms with Crippen molar-refractivity contribution < 1.29 is 14.6 Å². The Morgan fingerprint density at radius 3 is 2.72 bits per heavy atom. The third kappa shape index (κ3) is 3.80. The van der Waals surface area contributed by atoms with Crippen molar-refractivity contribution in [2.75, 3.05) is 17.2 Å². The van der Waals surface area contributed by atoms with E-state index in [9.17, 15) is 9.90 Å². The Hall–Kier alpha value is -2.77. The van der Waals surface area contributed by atoms with Crippen LogP contribution in [-0.2, 0) is 4.79 Å². The summed E-state index contributed by atoms with van der Waals surface area (Å²) in [6.45, 7) is 2.31. The number of aromatic hydroxyl groups is 1. The predicted molar refractivity (Wildman–Crippen MR) is 132 cm³/mol. The molecule has 0 amide bonds. The zero-order chi connectivity index (χ0) is 22.2. The highest BCUT2D eigenvalue weighted by Crippen LogP contribution is 2.46. The molecule has 2 atom stereocenters. The first kappa shape index (κ1) is 21.1. The summed E-state index contributed by atoms with van der Waals surface area (Å²) in [5.41, 5.74) is 4.42. The van der Waals surface area contributed by atoms with Crippen LogP contribution in [0.1, 0.15) is 42.2 Å². The summed E-state index contributed by atoms with van der Waals surface area (Å²) in [4.78, 5) is 14.8. The van der Waals surface area contributed by atoms with Crippen LogP contribution in [-0.4, -0.2) is 17.5 Å². The quantitative estimate of drug-likeness (QED) is 0.369. The fourth-order valence-corrected chi connectivity index (χ4v) is 5.78. The molecule has 0 saturated carbocycles. The SMILES string of the molecule is CCOc1cc(C2Nc3ccccc3NC3=C2C(=O)CC(c2cccs2)C3)cc(Br)c1O. The van der Waals surface area contributed by atoms with Crippen molar-refractivity contribution in [3.63, 3.8) is 0 Å². The summed E-state index contributed by atoms with van der Waals surface area (Å²) in [5.74, 6) is 0.755. The minimum atomic E-state index is -0.367. The van der Waals surface area contributed by atoms with Gasteiger partial charge in [-0.1, -0.05) is 18.2 Å². The number of thiophene rings is 1. The number of para-hydroxylation sites is 2. The van der Waals surface area contributed by atoms with Crippen LogP contribution >= 0.6 is 27.3 Å². The predicted octanol–water partition coefficient (Wildman–Crippen LogP) is 6.59. The van der Waals surface area contributed by atoms with E-state index in [0.717, 1.165) is 34.6 Å². The second kappa shape index (κ2) is 8.64. The number of carbonyl (C=O) groups excluding carboxylic acids is 1. The standard InChI is InChI=1S/C25H23BrN2O3S/c1-2-31-21-13-15(10-16(26)25(21)30)24-23-19(27-17-6-3-4-7-18(17)28-24)11-14(12-20(23)29)22-8-5-9-32-22/h3-10,13-14,24,27-28,30H,2,11-12H2,1H3. The highest BCUT2D eigenvalue weighted by Gasteiger charge is 2.36. The second-order valence-corrected chi connectivity index (χ2v) is 9.80. The average Bonchev–Trinajstić information content (AvgIpc) is 3.26. The molecule has 2 aromatic carbocycles. The molecule has 0 bridgehead atoms. The smallest absolute Gasteiger partial charge is 0.172 e. The topological polar surface area (TPSA) is 70.6 Å². The Labute approximate surface area is 199 Å². The molecule has 2 heterocycles. The summed E-state index contributed by atoms with van der Waals surface area (Å²) in [7, 11) is 0. The molecule has 3 N–H and O–H groups in total. The number of halogens is 1. The maximum absolute atomic E-state index is 13.6. The Morgan fingerprint density at radius 1 is 1.16 bits per heavy atom. The number of allylic oxidation sites excluding steroid dienone is 1. The van der Waals surface area contributed by atoms with Crippen molar-refractivity contribution in [1.29, 1.82) is 0 Å². The van der Waals surface area contributed by atoms with Crippen LogP contribution in [0.5, 0.6) is 11.5 Å². The minimum absolute atomic E-state index is 0.0599. The van der Waals surface area contributed by atoms with Gasteiger partial charge >= 0.3 is 0 Å². The van der Waals surface area contributed by atoms with Crippen LogP contribution in [0.4, 0.5) is 11.4 Å². The number of phenols is 1. The Bertz CT molecular complexity index is 1210. The average molecular weight is 511 g/mol. The lowest BCUT2D eigenvalue weighted by Crippen LogP contribution is -2.26. The largest absolute Gasteiger partial charge is 0.503 e. The van der Waals surface area contributed by atoms with E-state index in [0.29, 0.717) is 23.2 Å². The molecule has 0 spiro atoms. The molecule has 164 valence electrons. The zero-order valence-corrected chi connectivity index (χ0v) is 19.9. The van der Waals surface area contributed by atoms with Crippen molar-refractivity contribution in [1.82, 2.24) is 0 Å². The molecule has 5 rings (SSSR count). The molecule has 7 heteroatoms. The van der Waals surface area contributed by atoms with E-state index >= 15 is 0 Å². The molecule has 3 aromatic rings. The van der Waals surface area contributed by atoms with E-state index in [2.05, 4.69) is 38.0 Å². The van der Waals surface area contributed by atoms with Gasteiger partial charge in [-0.2, -0.15) is 0 Å². The second-order valence-electron chi connectivity index (χ2n) is 7.97. The van der Waals surface area contributed by atoms with Crippen molar-refractivity contribution in [2.24, 2.45) is 0 Å². The number of nitrogens with one attached hydrogen (secondary N) is 2.